The van der Waals surface area contributed by atoms with E-state index in [9.17, 15) is 15.3 Å². The molecule has 196 valence electrons. The largest absolute Gasteiger partial charge is 0.393 e. The van der Waals surface area contributed by atoms with Crippen LogP contribution in [0.15, 0.2) is 0 Å². The number of hydrogen-bond acceptors (Lipinski definition) is 4. The molecule has 0 amide bonds. The van der Waals surface area contributed by atoms with Crippen LogP contribution in [0.3, 0.4) is 0 Å². The van der Waals surface area contributed by atoms with Gasteiger partial charge in [0, 0.05) is 0 Å². The Morgan fingerprint density at radius 2 is 1.41 bits per heavy atom. The fourth-order valence-electron chi connectivity index (χ4n) is 11.1. The topological polar surface area (TPSA) is 69.9 Å². The number of aliphatic hydroxyl groups excluding tert-OH is 2. The van der Waals surface area contributed by atoms with Crippen molar-refractivity contribution in [2.75, 3.05) is 0 Å². The average molecular weight is 477 g/mol. The summed E-state index contributed by atoms with van der Waals surface area (Å²) >= 11 is 0. The maximum atomic E-state index is 11.9. The van der Waals surface area contributed by atoms with Gasteiger partial charge in [-0.05, 0) is 124 Å². The minimum absolute atomic E-state index is 0.0630. The molecule has 1 heterocycles. The Labute approximate surface area is 208 Å². The first-order chi connectivity index (χ1) is 15.5. The molecule has 4 nitrogen and oxygen atoms in total. The van der Waals surface area contributed by atoms with Gasteiger partial charge >= 0.3 is 0 Å². The number of ether oxygens (including phenoxy) is 1. The van der Waals surface area contributed by atoms with Gasteiger partial charge in [0.05, 0.1) is 29.5 Å². The molecule has 4 aliphatic carbocycles. The summed E-state index contributed by atoms with van der Waals surface area (Å²) in [6, 6.07) is 0. The molecule has 0 radical (unpaired) electrons. The predicted octanol–water partition coefficient (Wildman–Crippen LogP) is 5.71. The van der Waals surface area contributed by atoms with Crippen molar-refractivity contribution in [3.05, 3.63) is 0 Å². The van der Waals surface area contributed by atoms with Gasteiger partial charge in [-0.15, -0.1) is 0 Å². The van der Waals surface area contributed by atoms with Crippen molar-refractivity contribution in [3.63, 3.8) is 0 Å². The van der Waals surface area contributed by atoms with Gasteiger partial charge in [-0.3, -0.25) is 0 Å². The van der Waals surface area contributed by atoms with Crippen molar-refractivity contribution >= 4 is 0 Å². The molecule has 34 heavy (non-hydrogen) atoms. The number of rotatable bonds is 2. The normalized spacial score (nSPS) is 57.1. The molecule has 5 rings (SSSR count). The molecule has 4 saturated carbocycles. The van der Waals surface area contributed by atoms with E-state index >= 15 is 0 Å². The first kappa shape index (κ1) is 25.5. The maximum absolute atomic E-state index is 11.9. The fraction of sp³-hybridized carbons (Fsp3) is 1.00. The van der Waals surface area contributed by atoms with Crippen molar-refractivity contribution in [1.29, 1.82) is 0 Å². The Kier molecular flexibility index (Phi) is 5.59. The van der Waals surface area contributed by atoms with E-state index in [0.29, 0.717) is 17.8 Å². The van der Waals surface area contributed by atoms with E-state index in [-0.39, 0.29) is 51.5 Å². The maximum Gasteiger partial charge on any atom is 0.0865 e. The second-order valence-electron chi connectivity index (χ2n) is 15.4. The third kappa shape index (κ3) is 3.16. The quantitative estimate of drug-likeness (QED) is 0.477. The molecule has 0 aromatic rings. The fourth-order valence-corrected chi connectivity index (χ4v) is 11.1. The summed E-state index contributed by atoms with van der Waals surface area (Å²) in [7, 11) is 0. The van der Waals surface area contributed by atoms with E-state index in [1.54, 1.807) is 0 Å². The first-order valence-electron chi connectivity index (χ1n) is 14.3. The smallest absolute Gasteiger partial charge is 0.0865 e. The van der Waals surface area contributed by atoms with Crippen molar-refractivity contribution in [1.82, 2.24) is 0 Å². The lowest BCUT2D eigenvalue weighted by Gasteiger charge is -2.70. The van der Waals surface area contributed by atoms with Crippen molar-refractivity contribution in [3.8, 4) is 0 Å². The Bertz CT molecular complexity index is 817. The summed E-state index contributed by atoms with van der Waals surface area (Å²) in [6.07, 6.45) is 8.72. The molecular weight excluding hydrogens is 424 g/mol. The van der Waals surface area contributed by atoms with Crippen LogP contribution in [0.4, 0.5) is 0 Å². The Morgan fingerprint density at radius 1 is 0.765 bits per heavy atom. The lowest BCUT2D eigenvalue weighted by Crippen LogP contribution is -2.66. The number of aliphatic hydroxyl groups is 3. The van der Waals surface area contributed by atoms with Gasteiger partial charge in [0.2, 0.25) is 0 Å². The van der Waals surface area contributed by atoms with E-state index in [4.69, 9.17) is 4.74 Å². The molecule has 0 spiro atoms. The van der Waals surface area contributed by atoms with Gasteiger partial charge in [0.1, 0.15) is 0 Å². The summed E-state index contributed by atoms with van der Waals surface area (Å²) in [5.41, 5.74) is -0.703. The lowest BCUT2D eigenvalue weighted by molar-refractivity contribution is -0.248. The number of fused-ring (bicyclic) bond motifs is 5. The van der Waals surface area contributed by atoms with Crippen LogP contribution in [0, 0.1) is 45.3 Å². The van der Waals surface area contributed by atoms with E-state index in [1.807, 2.05) is 13.8 Å². The van der Waals surface area contributed by atoms with Crippen molar-refractivity contribution in [2.45, 2.75) is 143 Å². The molecular formula is C30H52O4. The average Bonchev–Trinajstić information content (AvgIpc) is 3.30. The van der Waals surface area contributed by atoms with Crippen LogP contribution < -0.4 is 0 Å². The van der Waals surface area contributed by atoms with Gasteiger partial charge in [-0.1, -0.05) is 34.6 Å². The molecule has 5 aliphatic rings. The summed E-state index contributed by atoms with van der Waals surface area (Å²) in [6.45, 7) is 18.1. The highest BCUT2D eigenvalue weighted by molar-refractivity contribution is 5.20. The molecule has 0 aromatic heterocycles. The highest BCUT2D eigenvalue weighted by atomic mass is 16.5. The minimum atomic E-state index is -0.826. The molecule has 1 saturated heterocycles. The first-order valence-corrected chi connectivity index (χ1v) is 14.3. The van der Waals surface area contributed by atoms with E-state index in [0.717, 1.165) is 44.9 Å². The van der Waals surface area contributed by atoms with Gasteiger partial charge in [0.15, 0.2) is 0 Å². The van der Waals surface area contributed by atoms with Crippen LogP contribution in [-0.2, 0) is 4.74 Å². The standard InChI is InChI=1S/C30H52O4/c1-25(2)20-10-15-28(6)21(27(20,5)13-11-22(25)32)17-19(31)24-18(9-14-29(24,28)7)30(8)16-12-23(34-30)26(3,4)33/h18-24,31-33H,9-17H2,1-8H3/t18-,19?,20?,21?,22-,23-,24?,27-,28+,29+,30?/m0/s1. The second-order valence-corrected chi connectivity index (χ2v) is 15.4. The lowest BCUT2D eigenvalue weighted by atomic mass is 9.35. The van der Waals surface area contributed by atoms with Gasteiger partial charge in [-0.25, -0.2) is 0 Å². The minimum Gasteiger partial charge on any atom is -0.393 e. The molecule has 3 N–H and O–H groups in total. The molecule has 0 aromatic carbocycles. The summed E-state index contributed by atoms with van der Waals surface area (Å²) in [5.74, 6) is 1.59. The monoisotopic (exact) mass is 476 g/mol. The second kappa shape index (κ2) is 7.45. The molecule has 11 atom stereocenters. The zero-order valence-electron chi connectivity index (χ0n) is 23.2. The molecule has 5 fully saturated rings. The van der Waals surface area contributed by atoms with Gasteiger partial charge in [0.25, 0.3) is 0 Å². The zero-order valence-corrected chi connectivity index (χ0v) is 23.2. The van der Waals surface area contributed by atoms with Crippen LogP contribution in [0.1, 0.15) is 113 Å². The predicted molar refractivity (Wildman–Crippen MR) is 135 cm³/mol. The third-order valence-electron chi connectivity index (χ3n) is 13.3. The Balaban J connectivity index is 1.48. The van der Waals surface area contributed by atoms with Crippen LogP contribution in [0.2, 0.25) is 0 Å². The van der Waals surface area contributed by atoms with E-state index in [1.165, 1.54) is 12.8 Å². The zero-order chi connectivity index (χ0) is 25.1. The van der Waals surface area contributed by atoms with Crippen LogP contribution in [0.25, 0.3) is 0 Å². The SMILES string of the molecule is CC(C)(O)[C@@H]1CCC(C)([C@H]2CC[C@]3(C)C2C(O)CC2[C@@]4(C)CC[C@H](O)C(C)(C)C4CC[C@]23C)O1. The highest BCUT2D eigenvalue weighted by Crippen LogP contribution is 2.76. The molecule has 5 unspecified atom stereocenters. The van der Waals surface area contributed by atoms with Gasteiger partial charge in [-0.2, -0.15) is 0 Å². The van der Waals surface area contributed by atoms with Crippen LogP contribution in [0.5, 0.6) is 0 Å². The van der Waals surface area contributed by atoms with Crippen LogP contribution >= 0.6 is 0 Å². The van der Waals surface area contributed by atoms with Crippen molar-refractivity contribution < 1.29 is 20.1 Å². The summed E-state index contributed by atoms with van der Waals surface area (Å²) in [4.78, 5) is 0. The number of hydrogen-bond donors (Lipinski definition) is 3. The van der Waals surface area contributed by atoms with Gasteiger partial charge < -0.3 is 20.1 Å². The molecule has 1 aliphatic heterocycles. The molecule has 4 heteroatoms. The van der Waals surface area contributed by atoms with Crippen molar-refractivity contribution in [2.24, 2.45) is 45.3 Å². The Hall–Kier alpha value is -0.160. The van der Waals surface area contributed by atoms with Crippen LogP contribution in [-0.4, -0.2) is 44.8 Å². The highest BCUT2D eigenvalue weighted by Gasteiger charge is 2.71. The Morgan fingerprint density at radius 3 is 2.03 bits per heavy atom. The summed E-state index contributed by atoms with van der Waals surface area (Å²) in [5, 5.41) is 33.4. The summed E-state index contributed by atoms with van der Waals surface area (Å²) < 4.78 is 6.66. The van der Waals surface area contributed by atoms with E-state index in [2.05, 4.69) is 41.5 Å². The molecule has 0 bridgehead atoms. The van der Waals surface area contributed by atoms with E-state index < -0.39 is 5.60 Å². The third-order valence-corrected chi connectivity index (χ3v) is 13.3.